The fourth-order valence-electron chi connectivity index (χ4n) is 1.32. The van der Waals surface area contributed by atoms with Gasteiger partial charge in [-0.25, -0.2) is 9.67 Å². The first-order chi connectivity index (χ1) is 7.56. The van der Waals surface area contributed by atoms with Crippen LogP contribution in [-0.4, -0.2) is 19.7 Å². The largest absolute Gasteiger partial charge is 0.421 e. The molecule has 0 saturated carbocycles. The predicted octanol–water partition coefficient (Wildman–Crippen LogP) is 1.20. The molecule has 2 aromatic heterocycles. The smallest absolute Gasteiger partial charge is 0.229 e. The second-order valence-corrected chi connectivity index (χ2v) is 3.57. The Morgan fingerprint density at radius 2 is 2.12 bits per heavy atom. The van der Waals surface area contributed by atoms with Crippen molar-refractivity contribution >= 4 is 5.95 Å². The van der Waals surface area contributed by atoms with Crippen LogP contribution in [0.2, 0.25) is 0 Å². The number of aryl methyl sites for hydroxylation is 3. The van der Waals surface area contributed by atoms with Gasteiger partial charge >= 0.3 is 0 Å². The van der Waals surface area contributed by atoms with Crippen molar-refractivity contribution < 1.29 is 4.74 Å². The lowest BCUT2D eigenvalue weighted by molar-refractivity contribution is 0.412. The van der Waals surface area contributed by atoms with E-state index in [1.54, 1.807) is 10.9 Å². The minimum Gasteiger partial charge on any atom is -0.421 e. The molecule has 0 aromatic carbocycles. The Labute approximate surface area is 93.1 Å². The summed E-state index contributed by atoms with van der Waals surface area (Å²) in [4.78, 5) is 7.89. The first-order valence-electron chi connectivity index (χ1n) is 4.84. The summed E-state index contributed by atoms with van der Waals surface area (Å²) in [6.45, 7) is 3.76. The number of hydrogen-bond donors (Lipinski definition) is 1. The number of hydrogen-bond acceptors (Lipinski definition) is 5. The van der Waals surface area contributed by atoms with E-state index in [4.69, 9.17) is 10.5 Å². The van der Waals surface area contributed by atoms with Crippen molar-refractivity contribution in [3.05, 3.63) is 23.5 Å². The number of aromatic nitrogens is 4. The molecule has 0 amide bonds. The van der Waals surface area contributed by atoms with Crippen LogP contribution < -0.4 is 10.5 Å². The lowest BCUT2D eigenvalue weighted by Crippen LogP contribution is -2.01. The summed E-state index contributed by atoms with van der Waals surface area (Å²) in [7, 11) is 1.81. The summed E-state index contributed by atoms with van der Waals surface area (Å²) in [5.41, 5.74) is 7.21. The van der Waals surface area contributed by atoms with Crippen LogP contribution in [-0.2, 0) is 7.05 Å². The summed E-state index contributed by atoms with van der Waals surface area (Å²) in [5.74, 6) is 1.27. The highest BCUT2D eigenvalue weighted by Crippen LogP contribution is 2.22. The molecule has 2 rings (SSSR count). The van der Waals surface area contributed by atoms with E-state index in [2.05, 4.69) is 15.1 Å². The molecule has 6 heteroatoms. The molecule has 0 unspecified atom stereocenters. The van der Waals surface area contributed by atoms with Crippen LogP contribution in [0.1, 0.15) is 11.3 Å². The van der Waals surface area contributed by atoms with Gasteiger partial charge in [0.05, 0.1) is 5.69 Å². The van der Waals surface area contributed by atoms with Crippen LogP contribution in [0.3, 0.4) is 0 Å². The van der Waals surface area contributed by atoms with Crippen LogP contribution in [0.25, 0.3) is 0 Å². The summed E-state index contributed by atoms with van der Waals surface area (Å²) in [6, 6.07) is 1.83. The van der Waals surface area contributed by atoms with Gasteiger partial charge in [-0.05, 0) is 13.8 Å². The third-order valence-corrected chi connectivity index (χ3v) is 2.10. The number of nitrogen functional groups attached to an aromatic ring is 1. The molecule has 0 fully saturated rings. The molecule has 0 radical (unpaired) electrons. The normalized spacial score (nSPS) is 10.4. The van der Waals surface area contributed by atoms with E-state index in [1.807, 2.05) is 27.0 Å². The molecule has 2 N–H and O–H groups in total. The van der Waals surface area contributed by atoms with Crippen LogP contribution in [0.4, 0.5) is 5.95 Å². The van der Waals surface area contributed by atoms with Crippen molar-refractivity contribution in [2.24, 2.45) is 7.05 Å². The molecule has 0 spiro atoms. The van der Waals surface area contributed by atoms with Crippen molar-refractivity contribution in [1.82, 2.24) is 19.7 Å². The van der Waals surface area contributed by atoms with Gasteiger partial charge < -0.3 is 10.5 Å². The highest BCUT2D eigenvalue weighted by molar-refractivity contribution is 5.32. The monoisotopic (exact) mass is 219 g/mol. The van der Waals surface area contributed by atoms with Gasteiger partial charge in [0.1, 0.15) is 0 Å². The first kappa shape index (κ1) is 10.4. The molecule has 84 valence electrons. The third-order valence-electron chi connectivity index (χ3n) is 2.10. The average Bonchev–Trinajstić information content (AvgIpc) is 2.51. The van der Waals surface area contributed by atoms with Gasteiger partial charge in [0.2, 0.25) is 17.7 Å². The third kappa shape index (κ3) is 1.95. The Hall–Kier alpha value is -2.11. The van der Waals surface area contributed by atoms with Crippen LogP contribution >= 0.6 is 0 Å². The summed E-state index contributed by atoms with van der Waals surface area (Å²) < 4.78 is 7.26. The van der Waals surface area contributed by atoms with E-state index in [0.29, 0.717) is 11.8 Å². The van der Waals surface area contributed by atoms with Crippen LogP contribution in [0.5, 0.6) is 11.8 Å². The number of rotatable bonds is 2. The van der Waals surface area contributed by atoms with Crippen molar-refractivity contribution in [1.29, 1.82) is 0 Å². The summed E-state index contributed by atoms with van der Waals surface area (Å²) >= 11 is 0. The van der Waals surface area contributed by atoms with Gasteiger partial charge in [0.25, 0.3) is 0 Å². The van der Waals surface area contributed by atoms with E-state index in [1.165, 1.54) is 0 Å². The minimum atomic E-state index is 0.194. The molecule has 0 atom stereocenters. The molecule has 0 saturated heterocycles. The molecule has 16 heavy (non-hydrogen) atoms. The number of nitrogens with zero attached hydrogens (tertiary/aromatic N) is 4. The van der Waals surface area contributed by atoms with Crippen molar-refractivity contribution in [3.63, 3.8) is 0 Å². The maximum Gasteiger partial charge on any atom is 0.229 e. The van der Waals surface area contributed by atoms with Crippen LogP contribution in [0.15, 0.2) is 12.3 Å². The fourth-order valence-corrected chi connectivity index (χ4v) is 1.32. The quantitative estimate of drug-likeness (QED) is 0.821. The lowest BCUT2D eigenvalue weighted by Gasteiger charge is -2.06. The number of nitrogens with two attached hydrogens (primary N) is 1. The zero-order valence-corrected chi connectivity index (χ0v) is 9.43. The van der Waals surface area contributed by atoms with Crippen molar-refractivity contribution in [2.75, 3.05) is 5.73 Å². The minimum absolute atomic E-state index is 0.194. The first-order valence-corrected chi connectivity index (χ1v) is 4.84. The van der Waals surface area contributed by atoms with Crippen molar-refractivity contribution in [3.8, 4) is 11.8 Å². The topological polar surface area (TPSA) is 78.9 Å². The molecule has 2 heterocycles. The van der Waals surface area contributed by atoms with Gasteiger partial charge in [-0.1, -0.05) is 0 Å². The molecule has 0 bridgehead atoms. The van der Waals surface area contributed by atoms with Gasteiger partial charge in [-0.15, -0.1) is 0 Å². The van der Waals surface area contributed by atoms with Gasteiger partial charge in [-0.2, -0.15) is 10.1 Å². The zero-order valence-electron chi connectivity index (χ0n) is 9.43. The molecular weight excluding hydrogens is 206 g/mol. The molecule has 2 aromatic rings. The number of anilines is 1. The standard InChI is InChI=1S/C10H13N5O/c1-6-5-12-10(11)13-9(6)16-8-4-7(2)14-15(8)3/h4-5H,1-3H3,(H2,11,12,13). The van der Waals surface area contributed by atoms with Gasteiger partial charge in [0, 0.05) is 24.9 Å². The molecular formula is C10H13N5O. The van der Waals surface area contributed by atoms with E-state index >= 15 is 0 Å². The highest BCUT2D eigenvalue weighted by atomic mass is 16.5. The fraction of sp³-hybridized carbons (Fsp3) is 0.300. The molecule has 0 aliphatic carbocycles. The Balaban J connectivity index is 2.33. The second-order valence-electron chi connectivity index (χ2n) is 3.57. The molecule has 6 nitrogen and oxygen atoms in total. The average molecular weight is 219 g/mol. The van der Waals surface area contributed by atoms with Crippen molar-refractivity contribution in [2.45, 2.75) is 13.8 Å². The Bertz CT molecular complexity index is 520. The predicted molar refractivity (Wildman–Crippen MR) is 59.2 cm³/mol. The van der Waals surface area contributed by atoms with E-state index in [9.17, 15) is 0 Å². The molecule has 0 aliphatic rings. The van der Waals surface area contributed by atoms with E-state index in [0.717, 1.165) is 11.3 Å². The number of ether oxygens (including phenoxy) is 1. The zero-order chi connectivity index (χ0) is 11.7. The highest BCUT2D eigenvalue weighted by Gasteiger charge is 2.08. The Kier molecular flexibility index (Phi) is 2.47. The maximum absolute atomic E-state index is 5.61. The van der Waals surface area contributed by atoms with Gasteiger partial charge in [-0.3, -0.25) is 0 Å². The molecule has 0 aliphatic heterocycles. The van der Waals surface area contributed by atoms with Crippen LogP contribution in [0, 0.1) is 13.8 Å². The van der Waals surface area contributed by atoms with E-state index in [-0.39, 0.29) is 5.95 Å². The lowest BCUT2D eigenvalue weighted by atomic mass is 10.4. The second kappa shape index (κ2) is 3.80. The summed E-state index contributed by atoms with van der Waals surface area (Å²) in [5, 5.41) is 4.18. The Morgan fingerprint density at radius 3 is 2.75 bits per heavy atom. The maximum atomic E-state index is 5.61. The van der Waals surface area contributed by atoms with E-state index < -0.39 is 0 Å². The van der Waals surface area contributed by atoms with Gasteiger partial charge in [0.15, 0.2) is 0 Å². The Morgan fingerprint density at radius 1 is 1.38 bits per heavy atom. The summed E-state index contributed by atoms with van der Waals surface area (Å²) in [6.07, 6.45) is 1.63. The SMILES string of the molecule is Cc1cc(Oc2nc(N)ncc2C)n(C)n1.